The number of aryl methyl sites for hydroxylation is 2. The van der Waals surface area contributed by atoms with Gasteiger partial charge in [-0.05, 0) is 13.8 Å². The number of nitrogens with zero attached hydrogens (tertiary/aromatic N) is 2. The molecular formula is C13H16Br2N2O4. The minimum absolute atomic E-state index is 0.154. The molecule has 116 valence electrons. The third-order valence-corrected chi connectivity index (χ3v) is 4.17. The first-order valence-corrected chi connectivity index (χ1v) is 8.57. The molecule has 6 nitrogen and oxygen atoms in total. The Hall–Kier alpha value is -0.700. The van der Waals surface area contributed by atoms with Crippen molar-refractivity contribution in [2.24, 2.45) is 0 Å². The van der Waals surface area contributed by atoms with Crippen LogP contribution in [0.3, 0.4) is 0 Å². The lowest BCUT2D eigenvalue weighted by Crippen LogP contribution is -2.03. The van der Waals surface area contributed by atoms with Gasteiger partial charge in [0.15, 0.2) is 0 Å². The molecule has 2 heterocycles. The number of aromatic nitrogens is 2. The number of hydrogen-bond acceptors (Lipinski definition) is 6. The fraction of sp³-hybridized carbons (Fsp3) is 0.538. The molecular weight excluding hydrogens is 408 g/mol. The van der Waals surface area contributed by atoms with Crippen LogP contribution in [0.25, 0.3) is 0 Å². The highest BCUT2D eigenvalue weighted by Gasteiger charge is 2.13. The van der Waals surface area contributed by atoms with Gasteiger partial charge in [-0.15, -0.1) is 0 Å². The number of hydrogen-bond donors (Lipinski definition) is 0. The lowest BCUT2D eigenvalue weighted by Gasteiger charge is -2.04. The van der Waals surface area contributed by atoms with Gasteiger partial charge in [0, 0.05) is 21.8 Å². The summed E-state index contributed by atoms with van der Waals surface area (Å²) in [5.74, 6) is 1.60. The number of alkyl halides is 2. The van der Waals surface area contributed by atoms with E-state index in [1.807, 2.05) is 13.8 Å². The standard InChI is InChI=1S/C13H16Br2N2O4/c1-8-10(3-14)12(16-20-8)5-18-7-19-6-13-11(4-15)9(2)21-17-13/h3-7H2,1-2H3. The zero-order valence-electron chi connectivity index (χ0n) is 11.8. The molecule has 0 bridgehead atoms. The van der Waals surface area contributed by atoms with E-state index in [-0.39, 0.29) is 6.79 Å². The summed E-state index contributed by atoms with van der Waals surface area (Å²) in [6.45, 7) is 4.60. The van der Waals surface area contributed by atoms with Crippen LogP contribution in [-0.2, 0) is 33.3 Å². The molecule has 8 heteroatoms. The average molecular weight is 424 g/mol. The van der Waals surface area contributed by atoms with E-state index in [0.717, 1.165) is 34.0 Å². The van der Waals surface area contributed by atoms with E-state index < -0.39 is 0 Å². The van der Waals surface area contributed by atoms with Crippen LogP contribution in [0.15, 0.2) is 9.05 Å². The molecule has 0 N–H and O–H groups in total. The molecule has 0 saturated carbocycles. The summed E-state index contributed by atoms with van der Waals surface area (Å²) < 4.78 is 21.1. The SMILES string of the molecule is Cc1onc(COCOCc2noc(C)c2CBr)c1CBr. The highest BCUT2D eigenvalue weighted by Crippen LogP contribution is 2.18. The smallest absolute Gasteiger partial charge is 0.147 e. The minimum Gasteiger partial charge on any atom is -0.361 e. The van der Waals surface area contributed by atoms with E-state index in [2.05, 4.69) is 42.2 Å². The van der Waals surface area contributed by atoms with E-state index in [0.29, 0.717) is 23.9 Å². The second kappa shape index (κ2) is 8.07. The third-order valence-electron chi connectivity index (χ3n) is 3.04. The summed E-state index contributed by atoms with van der Waals surface area (Å²) in [5, 5.41) is 9.29. The van der Waals surface area contributed by atoms with E-state index in [9.17, 15) is 0 Å². The molecule has 0 aliphatic heterocycles. The number of halogens is 2. The van der Waals surface area contributed by atoms with Crippen LogP contribution >= 0.6 is 31.9 Å². The van der Waals surface area contributed by atoms with Gasteiger partial charge in [-0.25, -0.2) is 0 Å². The molecule has 0 aromatic carbocycles. The van der Waals surface area contributed by atoms with Crippen molar-refractivity contribution in [1.29, 1.82) is 0 Å². The maximum atomic E-state index is 5.44. The van der Waals surface area contributed by atoms with E-state index in [4.69, 9.17) is 18.5 Å². The second-order valence-corrected chi connectivity index (χ2v) is 5.53. The predicted molar refractivity (Wildman–Crippen MR) is 82.2 cm³/mol. The molecule has 0 unspecified atom stereocenters. The molecule has 0 fully saturated rings. The topological polar surface area (TPSA) is 70.5 Å². The lowest BCUT2D eigenvalue weighted by molar-refractivity contribution is -0.0716. The minimum atomic E-state index is 0.154. The van der Waals surface area contributed by atoms with Crippen LogP contribution in [0.1, 0.15) is 34.0 Å². The number of rotatable bonds is 8. The van der Waals surface area contributed by atoms with E-state index in [1.54, 1.807) is 0 Å². The summed E-state index contributed by atoms with van der Waals surface area (Å²) in [7, 11) is 0. The quantitative estimate of drug-likeness (QED) is 0.365. The molecule has 0 atom stereocenters. The van der Waals surface area contributed by atoms with Crippen molar-refractivity contribution in [2.75, 3.05) is 6.79 Å². The van der Waals surface area contributed by atoms with Gasteiger partial charge in [0.2, 0.25) is 0 Å². The lowest BCUT2D eigenvalue weighted by atomic mass is 10.2. The van der Waals surface area contributed by atoms with Gasteiger partial charge in [-0.3, -0.25) is 0 Å². The largest absolute Gasteiger partial charge is 0.361 e. The van der Waals surface area contributed by atoms with E-state index in [1.165, 1.54) is 0 Å². The Labute approximate surface area is 139 Å². The number of ether oxygens (including phenoxy) is 2. The van der Waals surface area contributed by atoms with Crippen molar-refractivity contribution in [3.05, 3.63) is 34.0 Å². The summed E-state index contributed by atoms with van der Waals surface area (Å²) in [4.78, 5) is 0. The van der Waals surface area contributed by atoms with Crippen LogP contribution in [0.2, 0.25) is 0 Å². The molecule has 0 radical (unpaired) electrons. The first-order valence-electron chi connectivity index (χ1n) is 6.32. The fourth-order valence-corrected chi connectivity index (χ4v) is 3.22. The summed E-state index contributed by atoms with van der Waals surface area (Å²) >= 11 is 6.80. The zero-order chi connectivity index (χ0) is 15.2. The maximum Gasteiger partial charge on any atom is 0.147 e. The van der Waals surface area contributed by atoms with Crippen LogP contribution < -0.4 is 0 Å². The zero-order valence-corrected chi connectivity index (χ0v) is 15.0. The average Bonchev–Trinajstić information content (AvgIpc) is 3.01. The van der Waals surface area contributed by atoms with Crippen LogP contribution in [-0.4, -0.2) is 17.1 Å². The normalized spacial score (nSPS) is 11.2. The van der Waals surface area contributed by atoms with Crippen LogP contribution in [0.4, 0.5) is 0 Å². The Bertz CT molecular complexity index is 532. The molecule has 0 aliphatic rings. The summed E-state index contributed by atoms with van der Waals surface area (Å²) in [6.07, 6.45) is 0. The van der Waals surface area contributed by atoms with Crippen molar-refractivity contribution < 1.29 is 18.5 Å². The molecule has 0 amide bonds. The van der Waals surface area contributed by atoms with Gasteiger partial charge in [0.05, 0.1) is 13.2 Å². The maximum absolute atomic E-state index is 5.44. The Morgan fingerprint density at radius 3 is 1.67 bits per heavy atom. The van der Waals surface area contributed by atoms with Crippen molar-refractivity contribution in [1.82, 2.24) is 10.3 Å². The van der Waals surface area contributed by atoms with E-state index >= 15 is 0 Å². The van der Waals surface area contributed by atoms with Crippen LogP contribution in [0, 0.1) is 13.8 Å². The Morgan fingerprint density at radius 1 is 0.857 bits per heavy atom. The summed E-state index contributed by atoms with van der Waals surface area (Å²) in [6, 6.07) is 0. The Morgan fingerprint density at radius 2 is 1.29 bits per heavy atom. The van der Waals surface area contributed by atoms with Crippen molar-refractivity contribution in [3.63, 3.8) is 0 Å². The third kappa shape index (κ3) is 4.15. The van der Waals surface area contributed by atoms with Crippen LogP contribution in [0.5, 0.6) is 0 Å². The summed E-state index contributed by atoms with van der Waals surface area (Å²) in [5.41, 5.74) is 3.60. The van der Waals surface area contributed by atoms with Gasteiger partial charge < -0.3 is 18.5 Å². The Kier molecular flexibility index (Phi) is 6.40. The van der Waals surface area contributed by atoms with Crippen molar-refractivity contribution in [2.45, 2.75) is 37.7 Å². The fourth-order valence-electron chi connectivity index (χ4n) is 1.78. The van der Waals surface area contributed by atoms with Gasteiger partial charge in [0.1, 0.15) is 29.7 Å². The molecule has 21 heavy (non-hydrogen) atoms. The van der Waals surface area contributed by atoms with Crippen molar-refractivity contribution >= 4 is 31.9 Å². The molecule has 2 rings (SSSR count). The monoisotopic (exact) mass is 422 g/mol. The molecule has 0 spiro atoms. The molecule has 0 aliphatic carbocycles. The molecule has 2 aromatic rings. The van der Waals surface area contributed by atoms with Gasteiger partial charge in [0.25, 0.3) is 0 Å². The first kappa shape index (κ1) is 16.7. The van der Waals surface area contributed by atoms with Crippen molar-refractivity contribution in [3.8, 4) is 0 Å². The Balaban J connectivity index is 1.75. The highest BCUT2D eigenvalue weighted by atomic mass is 79.9. The second-order valence-electron chi connectivity index (χ2n) is 4.41. The van der Waals surface area contributed by atoms with Gasteiger partial charge in [-0.1, -0.05) is 42.2 Å². The van der Waals surface area contributed by atoms with Gasteiger partial charge in [-0.2, -0.15) is 0 Å². The molecule has 2 aromatic heterocycles. The first-order chi connectivity index (χ1) is 10.2. The van der Waals surface area contributed by atoms with Gasteiger partial charge >= 0.3 is 0 Å². The predicted octanol–water partition coefficient (Wildman–Crippen LogP) is 3.76. The highest BCUT2D eigenvalue weighted by molar-refractivity contribution is 9.08. The molecule has 0 saturated heterocycles.